The largest absolute Gasteiger partial charge is 0.507 e. The molecule has 0 bridgehead atoms. The maximum absolute atomic E-state index is 13.1. The summed E-state index contributed by atoms with van der Waals surface area (Å²) in [6.45, 7) is 6.69. The average Bonchev–Trinajstić information content (AvgIpc) is 2.92. The van der Waals surface area contributed by atoms with E-state index >= 15 is 0 Å². The maximum Gasteiger partial charge on any atom is 0.337 e. The number of aromatic hydroxyl groups is 1. The number of carboxylic acids is 1. The Morgan fingerprint density at radius 1 is 0.791 bits per heavy atom. The first kappa shape index (κ1) is 35.2. The molecule has 0 spiro atoms. The Bertz CT molecular complexity index is 1580. The monoisotopic (exact) mass is 637 g/mol. The topological polar surface area (TPSA) is 202 Å². The van der Waals surface area contributed by atoms with Gasteiger partial charge in [-0.3, -0.25) is 13.9 Å². The second kappa shape index (κ2) is 15.5. The molecule has 1 aliphatic rings. The lowest BCUT2D eigenvalue weighted by Gasteiger charge is -2.35. The number of carbonyl (C=O) groups excluding carboxylic acids is 1. The first-order valence-corrected chi connectivity index (χ1v) is 16.5. The number of phenolic OH excluding ortho intramolecular Hbond substituents is 1. The lowest BCUT2D eigenvalue weighted by molar-refractivity contribution is 0.0698. The number of amides is 1. The van der Waals surface area contributed by atoms with Gasteiger partial charge in [-0.2, -0.15) is 16.8 Å². The van der Waals surface area contributed by atoms with E-state index in [4.69, 9.17) is 9.11 Å². The van der Waals surface area contributed by atoms with Crippen molar-refractivity contribution in [3.63, 3.8) is 0 Å². The Hall–Kier alpha value is -4.02. The third-order valence-corrected chi connectivity index (χ3v) is 6.01. The molecule has 4 rings (SSSR count). The fourth-order valence-electron chi connectivity index (χ4n) is 4.06. The minimum absolute atomic E-state index is 0.0191. The molecule has 0 unspecified atom stereocenters. The molecule has 43 heavy (non-hydrogen) atoms. The van der Waals surface area contributed by atoms with E-state index in [1.165, 1.54) is 12.1 Å². The number of hydrogen-bond donors (Lipinski definition) is 5. The quantitative estimate of drug-likeness (QED) is 0.248. The predicted molar refractivity (Wildman–Crippen MR) is 164 cm³/mol. The highest BCUT2D eigenvalue weighted by atomic mass is 32.2. The minimum Gasteiger partial charge on any atom is -0.507 e. The van der Waals surface area contributed by atoms with E-state index in [0.717, 1.165) is 49.5 Å². The van der Waals surface area contributed by atoms with Gasteiger partial charge < -0.3 is 25.3 Å². The molecule has 3 aromatic carbocycles. The van der Waals surface area contributed by atoms with Crippen molar-refractivity contribution in [3.8, 4) is 16.9 Å². The maximum atomic E-state index is 13.1. The number of nitrogens with zero attached hydrogens (tertiary/aromatic N) is 2. The summed E-state index contributed by atoms with van der Waals surface area (Å²) >= 11 is 0. The van der Waals surface area contributed by atoms with Crippen molar-refractivity contribution in [3.05, 3.63) is 77.9 Å². The highest BCUT2D eigenvalue weighted by molar-refractivity contribution is 7.85. The van der Waals surface area contributed by atoms with Gasteiger partial charge in [0.25, 0.3) is 26.1 Å². The van der Waals surface area contributed by atoms with E-state index in [1.807, 2.05) is 30.3 Å². The third-order valence-electron chi connectivity index (χ3n) is 6.01. The molecule has 0 radical (unpaired) electrons. The third kappa shape index (κ3) is 12.8. The average molecular weight is 638 g/mol. The van der Waals surface area contributed by atoms with Gasteiger partial charge in [-0.05, 0) is 48.0 Å². The SMILES string of the molecule is CCN1CCN(c2ccc(O)c(C(=O)Nc3cc(-c4ccccc4)ccc3C(=O)O)c2)CC1.CS(=O)(=O)O.CS(=O)(=O)O. The number of carbonyl (C=O) groups is 2. The molecular weight excluding hydrogens is 602 g/mol. The van der Waals surface area contributed by atoms with Crippen LogP contribution in [0, 0.1) is 0 Å². The van der Waals surface area contributed by atoms with Crippen LogP contribution in [0.25, 0.3) is 11.1 Å². The van der Waals surface area contributed by atoms with Crippen molar-refractivity contribution in [1.29, 1.82) is 0 Å². The first-order chi connectivity index (χ1) is 20.0. The van der Waals surface area contributed by atoms with Crippen LogP contribution in [0.5, 0.6) is 5.75 Å². The Morgan fingerprint density at radius 3 is 1.86 bits per heavy atom. The summed E-state index contributed by atoms with van der Waals surface area (Å²) in [5.41, 5.74) is 2.80. The van der Waals surface area contributed by atoms with E-state index in [0.29, 0.717) is 12.5 Å². The summed E-state index contributed by atoms with van der Waals surface area (Å²) in [4.78, 5) is 29.4. The number of phenols is 1. The van der Waals surface area contributed by atoms with Crippen molar-refractivity contribution < 1.29 is 45.7 Å². The van der Waals surface area contributed by atoms with Crippen LogP contribution in [-0.2, 0) is 20.2 Å². The van der Waals surface area contributed by atoms with Gasteiger partial charge in [0.2, 0.25) is 0 Å². The Balaban J connectivity index is 0.000000559. The van der Waals surface area contributed by atoms with Crippen LogP contribution in [0.1, 0.15) is 27.6 Å². The number of likely N-dealkylation sites (N-methyl/N-ethyl adjacent to an activating group) is 1. The summed E-state index contributed by atoms with van der Waals surface area (Å²) in [6, 6.07) is 19.3. The number of benzene rings is 3. The zero-order chi connectivity index (χ0) is 32.4. The van der Waals surface area contributed by atoms with Crippen LogP contribution in [0.2, 0.25) is 0 Å². The Morgan fingerprint density at radius 2 is 1.35 bits per heavy atom. The number of carboxylic acid groups (broad SMARTS) is 1. The summed E-state index contributed by atoms with van der Waals surface area (Å²) in [7, 11) is -7.33. The standard InChI is InChI=1S/C26H27N3O4.2CH4O3S/c1-2-28-12-14-29(15-13-28)20-9-11-24(30)22(17-20)25(31)27-23-16-19(8-10-21(23)26(32)33)18-6-4-3-5-7-18;2*1-5(2,3)4/h3-11,16-17,30H,2,12-15H2,1H3,(H,27,31)(H,32,33);2*1H3,(H,2,3,4). The lowest BCUT2D eigenvalue weighted by Crippen LogP contribution is -2.46. The smallest absolute Gasteiger partial charge is 0.337 e. The molecule has 1 amide bonds. The summed E-state index contributed by atoms with van der Waals surface area (Å²) in [5.74, 6) is -1.86. The highest BCUT2D eigenvalue weighted by Gasteiger charge is 2.21. The summed E-state index contributed by atoms with van der Waals surface area (Å²) < 4.78 is 51.7. The molecule has 0 atom stereocenters. The molecule has 15 heteroatoms. The second-order valence-corrected chi connectivity index (χ2v) is 12.4. The second-order valence-electron chi connectivity index (χ2n) is 9.47. The molecule has 0 aromatic heterocycles. The van der Waals surface area contributed by atoms with Gasteiger partial charge >= 0.3 is 5.97 Å². The molecule has 1 fully saturated rings. The van der Waals surface area contributed by atoms with Gasteiger partial charge in [-0.1, -0.05) is 43.3 Å². The summed E-state index contributed by atoms with van der Waals surface area (Å²) in [6.07, 6.45) is 1.43. The Kier molecular flexibility index (Phi) is 12.6. The number of anilines is 2. The van der Waals surface area contributed by atoms with Crippen LogP contribution < -0.4 is 10.2 Å². The molecule has 3 aromatic rings. The van der Waals surface area contributed by atoms with Gasteiger partial charge in [0.15, 0.2) is 0 Å². The van der Waals surface area contributed by atoms with Crippen molar-refractivity contribution in [2.75, 3.05) is 55.5 Å². The molecule has 234 valence electrons. The predicted octanol–water partition coefficient (Wildman–Crippen LogP) is 3.16. The molecule has 5 N–H and O–H groups in total. The van der Waals surface area contributed by atoms with Crippen molar-refractivity contribution >= 4 is 43.5 Å². The van der Waals surface area contributed by atoms with Crippen LogP contribution in [0.4, 0.5) is 11.4 Å². The van der Waals surface area contributed by atoms with Crippen molar-refractivity contribution in [2.45, 2.75) is 6.92 Å². The van der Waals surface area contributed by atoms with Gasteiger partial charge in [0.05, 0.1) is 29.3 Å². The van der Waals surface area contributed by atoms with Crippen molar-refractivity contribution in [2.24, 2.45) is 0 Å². The molecule has 1 aliphatic heterocycles. The zero-order valence-corrected chi connectivity index (χ0v) is 25.5. The van der Waals surface area contributed by atoms with E-state index in [9.17, 15) is 36.6 Å². The molecule has 13 nitrogen and oxygen atoms in total. The fourth-order valence-corrected chi connectivity index (χ4v) is 4.06. The van der Waals surface area contributed by atoms with Gasteiger partial charge in [0, 0.05) is 31.9 Å². The van der Waals surface area contributed by atoms with E-state index in [2.05, 4.69) is 22.0 Å². The van der Waals surface area contributed by atoms with Crippen LogP contribution in [0.15, 0.2) is 66.7 Å². The van der Waals surface area contributed by atoms with Crippen LogP contribution in [-0.4, -0.2) is 98.2 Å². The number of piperazine rings is 1. The number of rotatable bonds is 6. The summed E-state index contributed by atoms with van der Waals surface area (Å²) in [5, 5.41) is 22.7. The molecule has 0 saturated carbocycles. The molecule has 1 saturated heterocycles. The number of aromatic carboxylic acids is 1. The molecule has 0 aliphatic carbocycles. The Labute approximate surface area is 250 Å². The van der Waals surface area contributed by atoms with Gasteiger partial charge in [-0.25, -0.2) is 4.79 Å². The lowest BCUT2D eigenvalue weighted by atomic mass is 10.0. The highest BCUT2D eigenvalue weighted by Crippen LogP contribution is 2.29. The van der Waals surface area contributed by atoms with Gasteiger partial charge in [-0.15, -0.1) is 0 Å². The zero-order valence-electron chi connectivity index (χ0n) is 23.8. The first-order valence-electron chi connectivity index (χ1n) is 12.9. The molecular formula is C28H35N3O10S2. The van der Waals surface area contributed by atoms with Crippen LogP contribution in [0.3, 0.4) is 0 Å². The van der Waals surface area contributed by atoms with E-state index < -0.39 is 32.1 Å². The van der Waals surface area contributed by atoms with E-state index in [-0.39, 0.29) is 22.6 Å². The van der Waals surface area contributed by atoms with Gasteiger partial charge in [0.1, 0.15) is 5.75 Å². The fraction of sp³-hybridized carbons (Fsp3) is 0.286. The number of nitrogens with one attached hydrogen (secondary N) is 1. The normalized spacial score (nSPS) is 13.6. The van der Waals surface area contributed by atoms with Crippen LogP contribution >= 0.6 is 0 Å². The minimum atomic E-state index is -3.67. The molecule has 1 heterocycles. The van der Waals surface area contributed by atoms with Crippen molar-refractivity contribution in [1.82, 2.24) is 4.90 Å². The number of hydrogen-bond acceptors (Lipinski definition) is 9. The van der Waals surface area contributed by atoms with E-state index in [1.54, 1.807) is 24.3 Å².